The summed E-state index contributed by atoms with van der Waals surface area (Å²) in [6.07, 6.45) is 1.72. The van der Waals surface area contributed by atoms with Gasteiger partial charge in [0.2, 0.25) is 5.91 Å². The Kier molecular flexibility index (Phi) is 8.15. The van der Waals surface area contributed by atoms with Gasteiger partial charge in [-0.15, -0.1) is 0 Å². The molecule has 0 spiro atoms. The number of nitrogens with zero attached hydrogens (tertiary/aromatic N) is 1. The minimum absolute atomic E-state index is 0.192. The summed E-state index contributed by atoms with van der Waals surface area (Å²) >= 11 is 12.0. The van der Waals surface area contributed by atoms with Gasteiger partial charge in [-0.1, -0.05) is 23.2 Å². The van der Waals surface area contributed by atoms with Crippen LogP contribution in [0.5, 0.6) is 0 Å². The molecule has 1 saturated heterocycles. The molecule has 2 rings (SSSR count). The second kappa shape index (κ2) is 10.1. The Labute approximate surface area is 163 Å². The number of hydrogen-bond donors (Lipinski definition) is 1. The van der Waals surface area contributed by atoms with E-state index >= 15 is 0 Å². The van der Waals surface area contributed by atoms with Crippen LogP contribution in [-0.2, 0) is 19.1 Å². The third kappa shape index (κ3) is 5.58. The molecule has 1 aliphatic rings. The monoisotopic (exact) mass is 402 g/mol. The van der Waals surface area contributed by atoms with Crippen molar-refractivity contribution in [2.24, 2.45) is 0 Å². The van der Waals surface area contributed by atoms with Gasteiger partial charge in [-0.25, -0.2) is 0 Å². The van der Waals surface area contributed by atoms with E-state index in [1.807, 2.05) is 0 Å². The quantitative estimate of drug-likeness (QED) is 0.709. The van der Waals surface area contributed by atoms with Crippen LogP contribution in [0.15, 0.2) is 18.2 Å². The molecule has 0 aromatic heterocycles. The number of rotatable bonds is 7. The molecule has 1 fully saturated rings. The van der Waals surface area contributed by atoms with Gasteiger partial charge in [0.15, 0.2) is 0 Å². The van der Waals surface area contributed by atoms with Crippen LogP contribution in [0.3, 0.4) is 0 Å². The molecule has 1 heterocycles. The lowest BCUT2D eigenvalue weighted by Gasteiger charge is -2.36. The van der Waals surface area contributed by atoms with E-state index in [4.69, 9.17) is 32.7 Å². The number of ether oxygens (including phenoxy) is 2. The number of likely N-dealkylation sites (tertiary alicyclic amines) is 1. The summed E-state index contributed by atoms with van der Waals surface area (Å²) in [4.78, 5) is 27.1. The summed E-state index contributed by atoms with van der Waals surface area (Å²) in [5.41, 5.74) is 0.475. The van der Waals surface area contributed by atoms with Crippen LogP contribution in [0.25, 0.3) is 0 Å². The molecular weight excluding hydrogens is 379 g/mol. The fourth-order valence-electron chi connectivity index (χ4n) is 2.89. The zero-order chi connectivity index (χ0) is 19.1. The molecule has 0 radical (unpaired) electrons. The van der Waals surface area contributed by atoms with Crippen molar-refractivity contribution < 1.29 is 19.1 Å². The van der Waals surface area contributed by atoms with Gasteiger partial charge in [-0.3, -0.25) is 9.59 Å². The standard InChI is InChI=1S/C18H24Cl2N2O4/c1-12(26-10-9-25-2)18(24)22-8-4-3-5-16(22)17(23)21-15-7-6-13(19)11-14(15)20/h6-7,11-12,16H,3-5,8-10H2,1-2H3,(H,21,23). The molecule has 2 amide bonds. The molecule has 144 valence electrons. The average molecular weight is 403 g/mol. The van der Waals surface area contributed by atoms with E-state index in [1.165, 1.54) is 0 Å². The van der Waals surface area contributed by atoms with Crippen molar-refractivity contribution in [2.45, 2.75) is 38.3 Å². The second-order valence-electron chi connectivity index (χ2n) is 6.16. The Bertz CT molecular complexity index is 642. The normalized spacial score (nSPS) is 18.5. The highest BCUT2D eigenvalue weighted by atomic mass is 35.5. The van der Waals surface area contributed by atoms with Gasteiger partial charge in [-0.05, 0) is 44.4 Å². The van der Waals surface area contributed by atoms with Crippen molar-refractivity contribution in [1.29, 1.82) is 0 Å². The summed E-state index contributed by atoms with van der Waals surface area (Å²) in [5.74, 6) is -0.450. The number of piperidine rings is 1. The minimum atomic E-state index is -0.627. The minimum Gasteiger partial charge on any atom is -0.382 e. The zero-order valence-corrected chi connectivity index (χ0v) is 16.5. The van der Waals surface area contributed by atoms with Crippen LogP contribution in [0, 0.1) is 0 Å². The Balaban J connectivity index is 2.04. The number of hydrogen-bond acceptors (Lipinski definition) is 4. The molecule has 2 atom stereocenters. The van der Waals surface area contributed by atoms with E-state index in [0.717, 1.165) is 12.8 Å². The Morgan fingerprint density at radius 3 is 2.77 bits per heavy atom. The first-order valence-electron chi connectivity index (χ1n) is 8.61. The summed E-state index contributed by atoms with van der Waals surface area (Å²) < 4.78 is 10.4. The first-order valence-corrected chi connectivity index (χ1v) is 9.36. The Morgan fingerprint density at radius 2 is 2.08 bits per heavy atom. The maximum absolute atomic E-state index is 12.7. The van der Waals surface area contributed by atoms with Gasteiger partial charge in [0, 0.05) is 18.7 Å². The smallest absolute Gasteiger partial charge is 0.252 e. The Morgan fingerprint density at radius 1 is 1.31 bits per heavy atom. The van der Waals surface area contributed by atoms with Crippen LogP contribution in [-0.4, -0.2) is 55.7 Å². The Hall–Kier alpha value is -1.34. The van der Waals surface area contributed by atoms with E-state index in [1.54, 1.807) is 37.1 Å². The van der Waals surface area contributed by atoms with Gasteiger partial charge in [0.05, 0.1) is 23.9 Å². The van der Waals surface area contributed by atoms with Crippen molar-refractivity contribution in [3.05, 3.63) is 28.2 Å². The molecule has 1 N–H and O–H groups in total. The average Bonchev–Trinajstić information content (AvgIpc) is 2.63. The molecule has 0 saturated carbocycles. The highest BCUT2D eigenvalue weighted by Gasteiger charge is 2.34. The van der Waals surface area contributed by atoms with Gasteiger partial charge in [0.1, 0.15) is 12.1 Å². The number of anilines is 1. The molecule has 8 heteroatoms. The van der Waals surface area contributed by atoms with E-state index in [0.29, 0.717) is 41.9 Å². The van der Waals surface area contributed by atoms with E-state index < -0.39 is 12.1 Å². The van der Waals surface area contributed by atoms with Gasteiger partial charge < -0.3 is 19.7 Å². The van der Waals surface area contributed by atoms with E-state index in [2.05, 4.69) is 5.32 Å². The topological polar surface area (TPSA) is 67.9 Å². The SMILES string of the molecule is COCCOC(C)C(=O)N1CCCCC1C(=O)Nc1ccc(Cl)cc1Cl. The van der Waals surface area contributed by atoms with Gasteiger partial charge in [-0.2, -0.15) is 0 Å². The van der Waals surface area contributed by atoms with Crippen molar-refractivity contribution in [3.63, 3.8) is 0 Å². The number of nitrogens with one attached hydrogen (secondary N) is 1. The van der Waals surface area contributed by atoms with Crippen LogP contribution < -0.4 is 5.32 Å². The highest BCUT2D eigenvalue weighted by molar-refractivity contribution is 6.36. The van der Waals surface area contributed by atoms with Crippen molar-refractivity contribution in [1.82, 2.24) is 4.90 Å². The largest absolute Gasteiger partial charge is 0.382 e. The van der Waals surface area contributed by atoms with Crippen LogP contribution in [0.4, 0.5) is 5.69 Å². The van der Waals surface area contributed by atoms with Crippen molar-refractivity contribution in [3.8, 4) is 0 Å². The van der Waals surface area contributed by atoms with E-state index in [9.17, 15) is 9.59 Å². The molecule has 6 nitrogen and oxygen atoms in total. The number of halogens is 2. The molecular formula is C18H24Cl2N2O4. The molecule has 1 aromatic carbocycles. The lowest BCUT2D eigenvalue weighted by molar-refractivity contribution is -0.150. The molecule has 26 heavy (non-hydrogen) atoms. The highest BCUT2D eigenvalue weighted by Crippen LogP contribution is 2.27. The van der Waals surface area contributed by atoms with Crippen LogP contribution >= 0.6 is 23.2 Å². The number of amides is 2. The lowest BCUT2D eigenvalue weighted by atomic mass is 10.0. The molecule has 1 aliphatic heterocycles. The number of carbonyl (C=O) groups is 2. The fourth-order valence-corrected chi connectivity index (χ4v) is 3.34. The van der Waals surface area contributed by atoms with Crippen LogP contribution in [0.1, 0.15) is 26.2 Å². The lowest BCUT2D eigenvalue weighted by Crippen LogP contribution is -2.53. The van der Waals surface area contributed by atoms with Crippen molar-refractivity contribution >= 4 is 40.7 Å². The first-order chi connectivity index (χ1) is 12.4. The number of benzene rings is 1. The van der Waals surface area contributed by atoms with E-state index in [-0.39, 0.29) is 11.8 Å². The van der Waals surface area contributed by atoms with Gasteiger partial charge in [0.25, 0.3) is 5.91 Å². The van der Waals surface area contributed by atoms with Crippen LogP contribution in [0.2, 0.25) is 10.0 Å². The first kappa shape index (κ1) is 21.0. The molecule has 1 aromatic rings. The molecule has 0 bridgehead atoms. The van der Waals surface area contributed by atoms with Crippen molar-refractivity contribution in [2.75, 3.05) is 32.2 Å². The maximum Gasteiger partial charge on any atom is 0.252 e. The third-order valence-corrected chi connectivity index (χ3v) is 4.83. The fraction of sp³-hybridized carbons (Fsp3) is 0.556. The predicted molar refractivity (Wildman–Crippen MR) is 102 cm³/mol. The predicted octanol–water partition coefficient (Wildman–Crippen LogP) is 3.36. The van der Waals surface area contributed by atoms with Gasteiger partial charge >= 0.3 is 0 Å². The summed E-state index contributed by atoms with van der Waals surface area (Å²) in [5, 5.41) is 3.65. The maximum atomic E-state index is 12.7. The summed E-state index contributed by atoms with van der Waals surface area (Å²) in [6.45, 7) is 2.96. The zero-order valence-electron chi connectivity index (χ0n) is 15.0. The summed E-state index contributed by atoms with van der Waals surface area (Å²) in [7, 11) is 1.57. The number of carbonyl (C=O) groups excluding carboxylic acids is 2. The molecule has 0 aliphatic carbocycles. The third-order valence-electron chi connectivity index (χ3n) is 4.28. The second-order valence-corrected chi connectivity index (χ2v) is 7.01. The molecule has 2 unspecified atom stereocenters. The summed E-state index contributed by atoms with van der Waals surface area (Å²) in [6, 6.07) is 4.32. The number of methoxy groups -OCH3 is 1.